The molecule has 19 heavy (non-hydrogen) atoms. The van der Waals surface area contributed by atoms with Gasteiger partial charge in [-0.1, -0.05) is 12.2 Å². The number of allylic oxidation sites excluding steroid dienone is 2. The van der Waals surface area contributed by atoms with Crippen molar-refractivity contribution in [2.24, 2.45) is 5.92 Å². The first-order valence-electron chi connectivity index (χ1n) is 6.29. The van der Waals surface area contributed by atoms with Crippen LogP contribution in [-0.4, -0.2) is 23.5 Å². The van der Waals surface area contributed by atoms with Crippen LogP contribution in [0.2, 0.25) is 0 Å². The monoisotopic (exact) mass is 280 g/mol. The highest BCUT2D eigenvalue weighted by molar-refractivity contribution is 7.14. The van der Waals surface area contributed by atoms with Gasteiger partial charge >= 0.3 is 5.97 Å². The van der Waals surface area contributed by atoms with Gasteiger partial charge in [0.1, 0.15) is 0 Å². The molecule has 2 rings (SSSR count). The molecule has 0 bridgehead atoms. The van der Waals surface area contributed by atoms with Crippen LogP contribution in [0.3, 0.4) is 0 Å². The second kappa shape index (κ2) is 6.47. The Morgan fingerprint density at radius 2 is 2.37 bits per heavy atom. The molecule has 1 unspecified atom stereocenters. The van der Waals surface area contributed by atoms with E-state index in [-0.39, 0.29) is 17.5 Å². The highest BCUT2D eigenvalue weighted by Gasteiger charge is 2.20. The molecule has 0 spiro atoms. The van der Waals surface area contributed by atoms with Crippen molar-refractivity contribution in [3.8, 4) is 0 Å². The molecule has 1 aliphatic rings. The fourth-order valence-corrected chi connectivity index (χ4v) is 2.55. The van der Waals surface area contributed by atoms with E-state index in [9.17, 15) is 9.59 Å². The zero-order valence-corrected chi connectivity index (χ0v) is 11.5. The van der Waals surface area contributed by atoms with E-state index in [2.05, 4.69) is 16.4 Å². The van der Waals surface area contributed by atoms with E-state index in [1.807, 2.05) is 6.08 Å². The van der Waals surface area contributed by atoms with Crippen LogP contribution >= 0.6 is 11.3 Å². The molecular weight excluding hydrogens is 264 g/mol. The summed E-state index contributed by atoms with van der Waals surface area (Å²) in [5.74, 6) is -0.492. The lowest BCUT2D eigenvalue weighted by molar-refractivity contribution is -0.120. The van der Waals surface area contributed by atoms with Crippen molar-refractivity contribution in [3.63, 3.8) is 0 Å². The Bertz CT molecular complexity index is 496. The predicted molar refractivity (Wildman–Crippen MR) is 73.2 cm³/mol. The van der Waals surface area contributed by atoms with E-state index < -0.39 is 5.97 Å². The van der Waals surface area contributed by atoms with E-state index in [0.717, 1.165) is 19.3 Å². The van der Waals surface area contributed by atoms with Gasteiger partial charge in [-0.05, 0) is 26.2 Å². The molecule has 1 aromatic rings. The molecule has 0 radical (unpaired) electrons. The van der Waals surface area contributed by atoms with Gasteiger partial charge in [-0.15, -0.1) is 11.3 Å². The van der Waals surface area contributed by atoms with Gasteiger partial charge in [0.15, 0.2) is 10.8 Å². The molecular formula is C13H16N2O3S. The fraction of sp³-hybridized carbons (Fsp3) is 0.462. The van der Waals surface area contributed by atoms with Gasteiger partial charge in [0, 0.05) is 11.3 Å². The van der Waals surface area contributed by atoms with E-state index in [1.165, 1.54) is 11.3 Å². The molecule has 0 aliphatic heterocycles. The van der Waals surface area contributed by atoms with Crippen molar-refractivity contribution in [1.29, 1.82) is 0 Å². The minimum absolute atomic E-state index is 0.0000525. The smallest absolute Gasteiger partial charge is 0.357 e. The molecule has 1 aliphatic carbocycles. The third-order valence-electron chi connectivity index (χ3n) is 2.86. The van der Waals surface area contributed by atoms with Crippen LogP contribution in [-0.2, 0) is 9.53 Å². The van der Waals surface area contributed by atoms with Crippen LogP contribution in [0.25, 0.3) is 0 Å². The second-order valence-electron chi connectivity index (χ2n) is 4.23. The number of thiazole rings is 1. The third-order valence-corrected chi connectivity index (χ3v) is 3.62. The molecule has 1 aromatic heterocycles. The molecule has 0 saturated carbocycles. The summed E-state index contributed by atoms with van der Waals surface area (Å²) in [5, 5.41) is 4.79. The van der Waals surface area contributed by atoms with Crippen molar-refractivity contribution in [2.75, 3.05) is 11.9 Å². The first-order chi connectivity index (χ1) is 9.20. The summed E-state index contributed by atoms with van der Waals surface area (Å²) in [6.07, 6.45) is 6.68. The number of hydrogen-bond donors (Lipinski definition) is 1. The van der Waals surface area contributed by atoms with Crippen molar-refractivity contribution in [3.05, 3.63) is 23.2 Å². The largest absolute Gasteiger partial charge is 0.461 e. The Hall–Kier alpha value is -1.69. The molecule has 0 saturated heterocycles. The molecule has 0 fully saturated rings. The van der Waals surface area contributed by atoms with Crippen LogP contribution in [0.1, 0.15) is 36.7 Å². The maximum Gasteiger partial charge on any atom is 0.357 e. The van der Waals surface area contributed by atoms with Crippen molar-refractivity contribution in [2.45, 2.75) is 26.2 Å². The second-order valence-corrected chi connectivity index (χ2v) is 5.09. The number of aromatic nitrogens is 1. The van der Waals surface area contributed by atoms with Crippen LogP contribution < -0.4 is 5.32 Å². The minimum Gasteiger partial charge on any atom is -0.461 e. The minimum atomic E-state index is -0.458. The van der Waals surface area contributed by atoms with E-state index in [4.69, 9.17) is 4.74 Å². The number of anilines is 1. The molecule has 0 aromatic carbocycles. The normalized spacial score (nSPS) is 18.1. The number of rotatable bonds is 4. The van der Waals surface area contributed by atoms with Gasteiger partial charge in [-0.3, -0.25) is 4.79 Å². The molecule has 1 N–H and O–H groups in total. The zero-order valence-electron chi connectivity index (χ0n) is 10.7. The maximum atomic E-state index is 12.0. The van der Waals surface area contributed by atoms with Crippen LogP contribution in [0, 0.1) is 5.92 Å². The Balaban J connectivity index is 1.94. The Morgan fingerprint density at radius 3 is 3.05 bits per heavy atom. The summed E-state index contributed by atoms with van der Waals surface area (Å²) < 4.78 is 4.85. The van der Waals surface area contributed by atoms with Crippen LogP contribution in [0.15, 0.2) is 17.5 Å². The maximum absolute atomic E-state index is 12.0. The Kier molecular flexibility index (Phi) is 4.68. The highest BCUT2D eigenvalue weighted by atomic mass is 32.1. The summed E-state index contributed by atoms with van der Waals surface area (Å²) in [7, 11) is 0. The van der Waals surface area contributed by atoms with Gasteiger partial charge in [0.25, 0.3) is 0 Å². The number of nitrogens with one attached hydrogen (secondary N) is 1. The van der Waals surface area contributed by atoms with Gasteiger partial charge < -0.3 is 10.1 Å². The highest BCUT2D eigenvalue weighted by Crippen LogP contribution is 2.22. The number of nitrogens with zero attached hydrogens (tertiary/aromatic N) is 1. The quantitative estimate of drug-likeness (QED) is 0.680. The topological polar surface area (TPSA) is 68.3 Å². The van der Waals surface area contributed by atoms with Gasteiger partial charge in [0.2, 0.25) is 5.91 Å². The standard InChI is InChI=1S/C13H16N2O3S/c1-2-18-12(17)10-8-19-13(14-10)15-11(16)9-6-4-3-5-7-9/h3-4,8-9H,2,5-7H2,1H3,(H,14,15,16). The first kappa shape index (κ1) is 13.7. The molecule has 102 valence electrons. The SMILES string of the molecule is CCOC(=O)c1csc(NC(=O)C2CC=CCC2)n1. The molecule has 1 atom stereocenters. The zero-order chi connectivity index (χ0) is 13.7. The van der Waals surface area contributed by atoms with Crippen LogP contribution in [0.4, 0.5) is 5.13 Å². The number of esters is 1. The van der Waals surface area contributed by atoms with Crippen molar-refractivity contribution >= 4 is 28.3 Å². The van der Waals surface area contributed by atoms with Crippen LogP contribution in [0.5, 0.6) is 0 Å². The average Bonchev–Trinajstić information content (AvgIpc) is 2.88. The van der Waals surface area contributed by atoms with Gasteiger partial charge in [-0.2, -0.15) is 0 Å². The van der Waals surface area contributed by atoms with Crippen molar-refractivity contribution < 1.29 is 14.3 Å². The lowest BCUT2D eigenvalue weighted by Crippen LogP contribution is -2.23. The van der Waals surface area contributed by atoms with Gasteiger partial charge in [0.05, 0.1) is 6.61 Å². The number of amides is 1. The van der Waals surface area contributed by atoms with Crippen molar-refractivity contribution in [1.82, 2.24) is 4.98 Å². The summed E-state index contributed by atoms with van der Waals surface area (Å²) in [6.45, 7) is 2.05. The van der Waals surface area contributed by atoms with E-state index in [1.54, 1.807) is 12.3 Å². The molecule has 1 heterocycles. The number of ether oxygens (including phenoxy) is 1. The first-order valence-corrected chi connectivity index (χ1v) is 7.17. The number of carbonyl (C=O) groups excluding carboxylic acids is 2. The Labute approximate surface area is 115 Å². The molecule has 5 nitrogen and oxygen atoms in total. The summed E-state index contributed by atoms with van der Waals surface area (Å²) in [6, 6.07) is 0. The summed E-state index contributed by atoms with van der Waals surface area (Å²) in [5.41, 5.74) is 0.241. The molecule has 1 amide bonds. The Morgan fingerprint density at radius 1 is 1.53 bits per heavy atom. The fourth-order valence-electron chi connectivity index (χ4n) is 1.87. The van der Waals surface area contributed by atoms with E-state index >= 15 is 0 Å². The number of hydrogen-bond acceptors (Lipinski definition) is 5. The molecule has 6 heteroatoms. The average molecular weight is 280 g/mol. The van der Waals surface area contributed by atoms with Gasteiger partial charge in [-0.25, -0.2) is 9.78 Å². The predicted octanol–water partition coefficient (Wildman–Crippen LogP) is 2.61. The summed E-state index contributed by atoms with van der Waals surface area (Å²) >= 11 is 1.23. The third kappa shape index (κ3) is 3.64. The number of carbonyl (C=O) groups is 2. The lowest BCUT2D eigenvalue weighted by atomic mass is 9.94. The lowest BCUT2D eigenvalue weighted by Gasteiger charge is -2.15. The summed E-state index contributed by atoms with van der Waals surface area (Å²) in [4.78, 5) is 27.5. The van der Waals surface area contributed by atoms with E-state index in [0.29, 0.717) is 11.7 Å².